The zero-order valence-corrected chi connectivity index (χ0v) is 25.3. The maximum Gasteiger partial charge on any atom is 0.256 e. The number of carbonyl (C=O) groups is 2. The second-order valence-electron chi connectivity index (χ2n) is 12.5. The van der Waals surface area contributed by atoms with E-state index in [9.17, 15) is 14.0 Å². The van der Waals surface area contributed by atoms with E-state index in [0.29, 0.717) is 29.1 Å². The molecule has 1 aliphatic carbocycles. The molecule has 2 fully saturated rings. The Morgan fingerprint density at radius 1 is 1.12 bits per heavy atom. The summed E-state index contributed by atoms with van der Waals surface area (Å²) in [5.41, 5.74) is 4.29. The molecule has 2 amide bonds. The molecule has 1 aliphatic heterocycles. The molecule has 1 aromatic carbocycles. The highest BCUT2D eigenvalue weighted by Gasteiger charge is 2.37. The first kappa shape index (κ1) is 29.2. The minimum Gasteiger partial charge on any atom is -0.359 e. The van der Waals surface area contributed by atoms with Crippen molar-refractivity contribution in [3.8, 4) is 5.69 Å². The van der Waals surface area contributed by atoms with Crippen molar-refractivity contribution in [2.45, 2.75) is 71.9 Å². The van der Waals surface area contributed by atoms with Crippen LogP contribution in [-0.4, -0.2) is 70.4 Å². The Hall–Kier alpha value is -3.26. The van der Waals surface area contributed by atoms with E-state index < -0.39 is 5.82 Å². The number of fused-ring (bicyclic) bond motifs is 1. The predicted molar refractivity (Wildman–Crippen MR) is 161 cm³/mol. The van der Waals surface area contributed by atoms with E-state index in [4.69, 9.17) is 0 Å². The number of hydrogen-bond donors (Lipinski definition) is 1. The van der Waals surface area contributed by atoms with Gasteiger partial charge in [-0.15, -0.1) is 0 Å². The zero-order valence-electron chi connectivity index (χ0n) is 25.3. The maximum absolute atomic E-state index is 14.4. The van der Waals surface area contributed by atoms with Gasteiger partial charge in [-0.1, -0.05) is 0 Å². The highest BCUT2D eigenvalue weighted by Crippen LogP contribution is 2.37. The van der Waals surface area contributed by atoms with E-state index >= 15 is 0 Å². The third kappa shape index (κ3) is 5.76. The smallest absolute Gasteiger partial charge is 0.256 e. The number of halogens is 1. The molecule has 3 aromatic rings. The van der Waals surface area contributed by atoms with Gasteiger partial charge in [-0.3, -0.25) is 19.5 Å². The summed E-state index contributed by atoms with van der Waals surface area (Å²) in [5, 5.41) is 3.98. The molecule has 2 aliphatic rings. The largest absolute Gasteiger partial charge is 0.359 e. The van der Waals surface area contributed by atoms with Crippen molar-refractivity contribution in [3.05, 3.63) is 59.3 Å². The normalized spacial score (nSPS) is 20.7. The van der Waals surface area contributed by atoms with Gasteiger partial charge in [-0.05, 0) is 101 Å². The predicted octanol–water partition coefficient (Wildman–Crippen LogP) is 5.37. The first-order valence-corrected chi connectivity index (χ1v) is 15.1. The maximum atomic E-state index is 14.4. The van der Waals surface area contributed by atoms with Gasteiger partial charge in [0, 0.05) is 63.0 Å². The highest BCUT2D eigenvalue weighted by atomic mass is 19.1. The molecule has 0 radical (unpaired) electrons. The number of hydrogen-bond acceptors (Lipinski definition) is 4. The van der Waals surface area contributed by atoms with Gasteiger partial charge in [0.15, 0.2) is 0 Å². The van der Waals surface area contributed by atoms with Crippen LogP contribution in [0.1, 0.15) is 67.9 Å². The summed E-state index contributed by atoms with van der Waals surface area (Å²) < 4.78 is 16.4. The molecule has 1 atom stereocenters. The number of likely N-dealkylation sites (tertiary alicyclic amines) is 1. The molecule has 0 spiro atoms. The quantitative estimate of drug-likeness (QED) is 0.402. The van der Waals surface area contributed by atoms with Crippen LogP contribution in [0.2, 0.25) is 0 Å². The minimum atomic E-state index is -0.425. The third-order valence-electron chi connectivity index (χ3n) is 9.67. The summed E-state index contributed by atoms with van der Waals surface area (Å²) in [6, 6.07) is 4.99. The van der Waals surface area contributed by atoms with E-state index in [0.717, 1.165) is 56.3 Å². The summed E-state index contributed by atoms with van der Waals surface area (Å²) in [6.07, 6.45) is 11.0. The van der Waals surface area contributed by atoms with E-state index in [-0.39, 0.29) is 23.8 Å². The van der Waals surface area contributed by atoms with Crippen molar-refractivity contribution in [2.24, 2.45) is 17.8 Å². The standard InChI is InChI=1S/C33H44FN5O2/c1-20(2)37(6)33(41)28-14-27(34)11-12-29(28)39-19-26(31-21(3)15-36-16-30(31)39)13-23-17-38(18-23)22(4)24-7-9-25(10-8-24)32(40)35-5/h11-12,14-16,19-20,22-25H,7-10,13,17-18H2,1-6H3,(H,35,40)/t22-,24-,25-/m1/s1. The van der Waals surface area contributed by atoms with Crippen LogP contribution < -0.4 is 5.32 Å². The summed E-state index contributed by atoms with van der Waals surface area (Å²) in [5.74, 6) is 0.926. The minimum absolute atomic E-state index is 0.00525. The van der Waals surface area contributed by atoms with Crippen LogP contribution in [0.3, 0.4) is 0 Å². The molecule has 1 saturated heterocycles. The number of amides is 2. The topological polar surface area (TPSA) is 70.5 Å². The number of nitrogens with one attached hydrogen (secondary N) is 1. The lowest BCUT2D eigenvalue weighted by Gasteiger charge is -2.47. The van der Waals surface area contributed by atoms with E-state index in [1.807, 2.05) is 30.8 Å². The molecule has 1 N–H and O–H groups in total. The van der Waals surface area contributed by atoms with Crippen molar-refractivity contribution in [1.29, 1.82) is 0 Å². The number of nitrogens with zero attached hydrogens (tertiary/aromatic N) is 4. The van der Waals surface area contributed by atoms with Crippen LogP contribution >= 0.6 is 0 Å². The highest BCUT2D eigenvalue weighted by molar-refractivity contribution is 5.99. The molecule has 0 unspecified atom stereocenters. The number of aromatic nitrogens is 2. The van der Waals surface area contributed by atoms with Gasteiger partial charge >= 0.3 is 0 Å². The molecule has 3 heterocycles. The molecule has 220 valence electrons. The van der Waals surface area contributed by atoms with Gasteiger partial charge in [-0.25, -0.2) is 4.39 Å². The van der Waals surface area contributed by atoms with Gasteiger partial charge in [0.2, 0.25) is 5.91 Å². The van der Waals surface area contributed by atoms with Crippen LogP contribution in [0.25, 0.3) is 16.6 Å². The van der Waals surface area contributed by atoms with E-state index in [1.165, 1.54) is 23.1 Å². The first-order valence-electron chi connectivity index (χ1n) is 15.1. The Morgan fingerprint density at radius 2 is 1.83 bits per heavy atom. The fourth-order valence-electron chi connectivity index (χ4n) is 6.86. The fraction of sp³-hybridized carbons (Fsp3) is 0.545. The second kappa shape index (κ2) is 11.9. The summed E-state index contributed by atoms with van der Waals surface area (Å²) >= 11 is 0. The van der Waals surface area contributed by atoms with Gasteiger partial charge in [-0.2, -0.15) is 0 Å². The summed E-state index contributed by atoms with van der Waals surface area (Å²) in [6.45, 7) is 10.5. The second-order valence-corrected chi connectivity index (χ2v) is 12.5. The molecule has 7 nitrogen and oxygen atoms in total. The van der Waals surface area contributed by atoms with Crippen LogP contribution in [0, 0.1) is 30.5 Å². The van der Waals surface area contributed by atoms with Crippen molar-refractivity contribution in [1.82, 2.24) is 24.7 Å². The number of benzene rings is 1. The first-order chi connectivity index (χ1) is 19.6. The van der Waals surface area contributed by atoms with Crippen molar-refractivity contribution >= 4 is 22.7 Å². The van der Waals surface area contributed by atoms with E-state index in [1.54, 1.807) is 25.1 Å². The fourth-order valence-corrected chi connectivity index (χ4v) is 6.86. The molecule has 0 bridgehead atoms. The van der Waals surface area contributed by atoms with Gasteiger partial charge in [0.1, 0.15) is 5.82 Å². The van der Waals surface area contributed by atoms with Crippen molar-refractivity contribution in [2.75, 3.05) is 27.2 Å². The Balaban J connectivity index is 1.34. The van der Waals surface area contributed by atoms with Gasteiger partial charge in [0.05, 0.1) is 23.0 Å². The molecule has 8 heteroatoms. The lowest BCUT2D eigenvalue weighted by Crippen LogP contribution is -2.54. The SMILES string of the molecule is CNC(=O)[C@H]1CC[C@H]([C@@H](C)N2CC(Cc3cn(-c4ccc(F)cc4C(=O)N(C)C(C)C)c4cncc(C)c34)C2)CC1. The summed E-state index contributed by atoms with van der Waals surface area (Å²) in [4.78, 5) is 34.1. The van der Waals surface area contributed by atoms with Crippen LogP contribution in [-0.2, 0) is 11.2 Å². The van der Waals surface area contributed by atoms with Gasteiger partial charge in [0.25, 0.3) is 5.91 Å². The monoisotopic (exact) mass is 561 g/mol. The number of carbonyl (C=O) groups excluding carboxylic acids is 2. The Bertz CT molecular complexity index is 1420. The average Bonchev–Trinajstić information content (AvgIpc) is 3.32. The molecule has 2 aromatic heterocycles. The molecule has 5 rings (SSSR count). The Labute approximate surface area is 243 Å². The van der Waals surface area contributed by atoms with Crippen molar-refractivity contribution < 1.29 is 14.0 Å². The number of rotatable bonds is 8. The van der Waals surface area contributed by atoms with Crippen LogP contribution in [0.4, 0.5) is 4.39 Å². The lowest BCUT2D eigenvalue weighted by atomic mass is 9.77. The molecular weight excluding hydrogens is 517 g/mol. The van der Waals surface area contributed by atoms with Crippen molar-refractivity contribution in [3.63, 3.8) is 0 Å². The molecule has 41 heavy (non-hydrogen) atoms. The Morgan fingerprint density at radius 3 is 2.49 bits per heavy atom. The van der Waals surface area contributed by atoms with Gasteiger partial charge < -0.3 is 14.8 Å². The molecule has 1 saturated carbocycles. The zero-order chi connectivity index (χ0) is 29.4. The number of pyridine rings is 1. The average molecular weight is 562 g/mol. The molecular formula is C33H44FN5O2. The lowest BCUT2D eigenvalue weighted by molar-refractivity contribution is -0.126. The number of aryl methyl sites for hydroxylation is 1. The van der Waals surface area contributed by atoms with Crippen LogP contribution in [0.15, 0.2) is 36.8 Å². The van der Waals surface area contributed by atoms with Crippen LogP contribution in [0.5, 0.6) is 0 Å². The van der Waals surface area contributed by atoms with E-state index in [2.05, 4.69) is 35.2 Å². The third-order valence-corrected chi connectivity index (χ3v) is 9.67. The Kier molecular flexibility index (Phi) is 8.50. The summed E-state index contributed by atoms with van der Waals surface area (Å²) in [7, 11) is 3.49.